The minimum absolute atomic E-state index is 0.0239. The minimum atomic E-state index is -0.962. The molecular formula is C23H29N3O7. The Morgan fingerprint density at radius 3 is 2.21 bits per heavy atom. The normalized spacial score (nSPS) is 22.2. The van der Waals surface area contributed by atoms with Crippen LogP contribution in [0.3, 0.4) is 0 Å². The van der Waals surface area contributed by atoms with Gasteiger partial charge in [0.25, 0.3) is 5.91 Å². The Morgan fingerprint density at radius 1 is 1.06 bits per heavy atom. The maximum Gasteiger partial charge on any atom is 0.338 e. The van der Waals surface area contributed by atoms with Crippen molar-refractivity contribution in [3.05, 3.63) is 29.3 Å². The molecule has 1 aromatic rings. The quantitative estimate of drug-likeness (QED) is 0.473. The molecule has 0 aromatic heterocycles. The number of nitrogens with one attached hydrogen (secondary N) is 2. The Bertz CT molecular complexity index is 941. The molecule has 33 heavy (non-hydrogen) atoms. The first kappa shape index (κ1) is 24.2. The molecular weight excluding hydrogens is 430 g/mol. The topological polar surface area (TPSA) is 131 Å². The monoisotopic (exact) mass is 459 g/mol. The van der Waals surface area contributed by atoms with E-state index in [1.165, 1.54) is 18.2 Å². The van der Waals surface area contributed by atoms with Crippen molar-refractivity contribution in [3.8, 4) is 0 Å². The van der Waals surface area contributed by atoms with Crippen LogP contribution in [0.25, 0.3) is 0 Å². The van der Waals surface area contributed by atoms with Gasteiger partial charge in [-0.3, -0.25) is 14.5 Å². The lowest BCUT2D eigenvalue weighted by atomic mass is 9.73. The molecule has 1 aliphatic heterocycles. The SMILES string of the molecule is CCOC(=O)c1cc(NC(=O)CN2C(=O)NC3(CCCCC3C)C2=O)cc(C(=O)OCC)c1. The third-order valence-electron chi connectivity index (χ3n) is 6.04. The van der Waals surface area contributed by atoms with Crippen molar-refractivity contribution in [1.29, 1.82) is 0 Å². The first-order valence-corrected chi connectivity index (χ1v) is 11.1. The molecule has 1 saturated carbocycles. The second-order valence-corrected chi connectivity index (χ2v) is 8.23. The number of carbonyl (C=O) groups is 5. The maximum absolute atomic E-state index is 13.1. The Hall–Kier alpha value is -3.43. The summed E-state index contributed by atoms with van der Waals surface area (Å²) in [5.74, 6) is -2.40. The van der Waals surface area contributed by atoms with Crippen LogP contribution >= 0.6 is 0 Å². The fourth-order valence-electron chi connectivity index (χ4n) is 4.35. The molecule has 1 aliphatic carbocycles. The molecule has 2 atom stereocenters. The van der Waals surface area contributed by atoms with Crippen LogP contribution in [-0.2, 0) is 19.1 Å². The molecule has 0 bridgehead atoms. The van der Waals surface area contributed by atoms with Crippen LogP contribution in [0.2, 0.25) is 0 Å². The highest BCUT2D eigenvalue weighted by Crippen LogP contribution is 2.38. The van der Waals surface area contributed by atoms with E-state index in [9.17, 15) is 24.0 Å². The van der Waals surface area contributed by atoms with Crippen LogP contribution in [-0.4, -0.2) is 60.0 Å². The third kappa shape index (κ3) is 4.99. The van der Waals surface area contributed by atoms with Gasteiger partial charge in [-0.25, -0.2) is 14.4 Å². The van der Waals surface area contributed by atoms with Gasteiger partial charge in [-0.15, -0.1) is 0 Å². The smallest absolute Gasteiger partial charge is 0.338 e. The molecule has 2 fully saturated rings. The molecule has 2 unspecified atom stereocenters. The van der Waals surface area contributed by atoms with Gasteiger partial charge in [-0.2, -0.15) is 0 Å². The van der Waals surface area contributed by atoms with Crippen LogP contribution in [0.15, 0.2) is 18.2 Å². The molecule has 1 aromatic carbocycles. The molecule has 178 valence electrons. The predicted molar refractivity (Wildman–Crippen MR) is 118 cm³/mol. The van der Waals surface area contributed by atoms with E-state index < -0.39 is 41.9 Å². The van der Waals surface area contributed by atoms with Crippen molar-refractivity contribution in [2.24, 2.45) is 5.92 Å². The summed E-state index contributed by atoms with van der Waals surface area (Å²) < 4.78 is 9.97. The standard InChI is InChI=1S/C23H29N3O7/c1-4-32-19(28)15-10-16(20(29)33-5-2)12-17(11-15)24-18(27)13-26-21(30)23(25-22(26)31)9-7-6-8-14(23)3/h10-12,14H,4-9,13H2,1-3H3,(H,24,27)(H,25,31). The largest absolute Gasteiger partial charge is 0.462 e. The number of amides is 4. The zero-order valence-corrected chi connectivity index (χ0v) is 19.1. The van der Waals surface area contributed by atoms with Gasteiger partial charge in [-0.1, -0.05) is 19.8 Å². The summed E-state index contributed by atoms with van der Waals surface area (Å²) in [6.45, 7) is 5.00. The predicted octanol–water partition coefficient (Wildman–Crippen LogP) is 2.48. The Balaban J connectivity index is 1.78. The van der Waals surface area contributed by atoms with Gasteiger partial charge < -0.3 is 20.1 Å². The van der Waals surface area contributed by atoms with E-state index in [1.807, 2.05) is 6.92 Å². The van der Waals surface area contributed by atoms with Gasteiger partial charge in [-0.05, 0) is 50.8 Å². The number of benzene rings is 1. The van der Waals surface area contributed by atoms with Gasteiger partial charge >= 0.3 is 18.0 Å². The van der Waals surface area contributed by atoms with Crippen molar-refractivity contribution in [2.45, 2.75) is 52.0 Å². The van der Waals surface area contributed by atoms with Crippen molar-refractivity contribution >= 4 is 35.5 Å². The fraction of sp³-hybridized carbons (Fsp3) is 0.522. The second-order valence-electron chi connectivity index (χ2n) is 8.23. The molecule has 2 aliphatic rings. The molecule has 1 saturated heterocycles. The number of imide groups is 1. The first-order chi connectivity index (χ1) is 15.7. The van der Waals surface area contributed by atoms with Crippen LogP contribution in [0, 0.1) is 5.92 Å². The van der Waals surface area contributed by atoms with Crippen LogP contribution in [0.5, 0.6) is 0 Å². The van der Waals surface area contributed by atoms with Crippen molar-refractivity contribution < 1.29 is 33.4 Å². The average Bonchev–Trinajstić information content (AvgIpc) is 3.00. The molecule has 4 amide bonds. The highest BCUT2D eigenvalue weighted by molar-refractivity contribution is 6.10. The van der Waals surface area contributed by atoms with Crippen LogP contribution in [0.4, 0.5) is 10.5 Å². The average molecular weight is 459 g/mol. The second kappa shape index (κ2) is 10.0. The molecule has 2 N–H and O–H groups in total. The van der Waals surface area contributed by atoms with E-state index in [2.05, 4.69) is 10.6 Å². The zero-order valence-electron chi connectivity index (χ0n) is 19.1. The molecule has 10 heteroatoms. The Morgan fingerprint density at radius 2 is 1.67 bits per heavy atom. The number of rotatable bonds is 7. The lowest BCUT2D eigenvalue weighted by Gasteiger charge is -2.36. The number of esters is 2. The minimum Gasteiger partial charge on any atom is -0.462 e. The number of urea groups is 1. The van der Waals surface area contributed by atoms with E-state index in [4.69, 9.17) is 9.47 Å². The molecule has 1 spiro atoms. The number of ether oxygens (including phenoxy) is 2. The summed E-state index contributed by atoms with van der Waals surface area (Å²) in [4.78, 5) is 63.6. The molecule has 1 heterocycles. The van der Waals surface area contributed by atoms with Gasteiger partial charge in [0.15, 0.2) is 0 Å². The highest BCUT2D eigenvalue weighted by atomic mass is 16.5. The summed E-state index contributed by atoms with van der Waals surface area (Å²) in [5, 5.41) is 5.36. The zero-order chi connectivity index (χ0) is 24.2. The van der Waals surface area contributed by atoms with Gasteiger partial charge in [0, 0.05) is 5.69 Å². The summed E-state index contributed by atoms with van der Waals surface area (Å²) in [6.07, 6.45) is 3.19. The Kier molecular flexibility index (Phi) is 7.35. The highest BCUT2D eigenvalue weighted by Gasteiger charge is 2.55. The van der Waals surface area contributed by atoms with E-state index in [-0.39, 0.29) is 35.9 Å². The van der Waals surface area contributed by atoms with Gasteiger partial charge in [0.2, 0.25) is 5.91 Å². The lowest BCUT2D eigenvalue weighted by Crippen LogP contribution is -2.54. The summed E-state index contributed by atoms with van der Waals surface area (Å²) in [6, 6.07) is 3.43. The molecule has 0 radical (unpaired) electrons. The van der Waals surface area contributed by atoms with Crippen molar-refractivity contribution in [1.82, 2.24) is 10.2 Å². The number of anilines is 1. The Labute approximate surface area is 192 Å². The van der Waals surface area contributed by atoms with E-state index >= 15 is 0 Å². The van der Waals surface area contributed by atoms with Gasteiger partial charge in [0.05, 0.1) is 24.3 Å². The molecule has 3 rings (SSSR count). The van der Waals surface area contributed by atoms with Crippen LogP contribution in [0.1, 0.15) is 67.2 Å². The summed E-state index contributed by atoms with van der Waals surface area (Å²) in [5.41, 5.74) is -0.706. The van der Waals surface area contributed by atoms with Gasteiger partial charge in [0.1, 0.15) is 12.1 Å². The number of hydrogen-bond donors (Lipinski definition) is 2. The van der Waals surface area contributed by atoms with E-state index in [1.54, 1.807) is 13.8 Å². The molecule has 10 nitrogen and oxygen atoms in total. The number of hydrogen-bond acceptors (Lipinski definition) is 7. The number of nitrogens with zero attached hydrogens (tertiary/aromatic N) is 1. The van der Waals surface area contributed by atoms with E-state index in [0.29, 0.717) is 6.42 Å². The van der Waals surface area contributed by atoms with E-state index in [0.717, 1.165) is 24.2 Å². The van der Waals surface area contributed by atoms with Crippen LogP contribution < -0.4 is 10.6 Å². The van der Waals surface area contributed by atoms with Crippen molar-refractivity contribution in [2.75, 3.05) is 25.1 Å². The lowest BCUT2D eigenvalue weighted by molar-refractivity contribution is -0.136. The summed E-state index contributed by atoms with van der Waals surface area (Å²) in [7, 11) is 0. The first-order valence-electron chi connectivity index (χ1n) is 11.1. The maximum atomic E-state index is 13.1. The third-order valence-corrected chi connectivity index (χ3v) is 6.04. The van der Waals surface area contributed by atoms with Crippen molar-refractivity contribution in [3.63, 3.8) is 0 Å². The number of carbonyl (C=O) groups excluding carboxylic acids is 5. The summed E-state index contributed by atoms with van der Waals surface area (Å²) >= 11 is 0. The fourth-order valence-corrected chi connectivity index (χ4v) is 4.35.